The van der Waals surface area contributed by atoms with Crippen LogP contribution < -0.4 is 5.32 Å². The summed E-state index contributed by atoms with van der Waals surface area (Å²) in [5, 5.41) is 14.8. The van der Waals surface area contributed by atoms with Gasteiger partial charge in [-0.1, -0.05) is 19.4 Å². The second kappa shape index (κ2) is 8.82. The lowest BCUT2D eigenvalue weighted by atomic mass is 10.0. The quantitative estimate of drug-likeness (QED) is 0.395. The minimum atomic E-state index is 0.0970. The Morgan fingerprint density at radius 2 is 2.15 bits per heavy atom. The van der Waals surface area contributed by atoms with Crippen LogP contribution in [0.3, 0.4) is 0 Å². The molecule has 0 saturated carbocycles. The van der Waals surface area contributed by atoms with Crippen molar-refractivity contribution in [2.75, 3.05) is 6.54 Å². The molecular weight excluding hydrogens is 338 g/mol. The average Bonchev–Trinajstić information content (AvgIpc) is 3.09. The molecule has 2 heterocycles. The first-order chi connectivity index (χ1) is 13.1. The van der Waals surface area contributed by atoms with Gasteiger partial charge in [0.15, 0.2) is 6.29 Å². The molecular formula is C22H27N3O2. The summed E-state index contributed by atoms with van der Waals surface area (Å²) in [7, 11) is 0. The Labute approximate surface area is 159 Å². The zero-order valence-corrected chi connectivity index (χ0v) is 16.0. The molecule has 5 heteroatoms. The van der Waals surface area contributed by atoms with Crippen molar-refractivity contribution in [3.05, 3.63) is 58.5 Å². The van der Waals surface area contributed by atoms with E-state index < -0.39 is 0 Å². The molecule has 0 aliphatic carbocycles. The molecule has 5 nitrogen and oxygen atoms in total. The summed E-state index contributed by atoms with van der Waals surface area (Å²) in [6, 6.07) is 6.65. The molecule has 1 aromatic carbocycles. The summed E-state index contributed by atoms with van der Waals surface area (Å²) >= 11 is 0. The van der Waals surface area contributed by atoms with Crippen molar-refractivity contribution in [1.82, 2.24) is 15.3 Å². The van der Waals surface area contributed by atoms with Crippen molar-refractivity contribution < 1.29 is 9.90 Å². The first-order valence-corrected chi connectivity index (χ1v) is 9.56. The van der Waals surface area contributed by atoms with Crippen molar-refractivity contribution >= 4 is 17.2 Å². The second-order valence-electron chi connectivity index (χ2n) is 6.97. The number of aryl methyl sites for hydroxylation is 2. The standard InChI is InChI=1S/C22H27N3O2/c1-3-4-5-16-6-7-21-19(10-16)17(11-25-21)8-9-23-13-20-18(14-26)12-24-15(2)22(20)27/h6-7,10-12,14,23,25,27H,3-5,8-9,13H2,1-2H3. The Kier molecular flexibility index (Phi) is 6.24. The van der Waals surface area contributed by atoms with Gasteiger partial charge in [0, 0.05) is 41.0 Å². The van der Waals surface area contributed by atoms with E-state index in [-0.39, 0.29) is 5.75 Å². The number of hydrogen-bond donors (Lipinski definition) is 3. The Bertz CT molecular complexity index is 931. The van der Waals surface area contributed by atoms with Crippen LogP contribution in [0.5, 0.6) is 5.75 Å². The summed E-state index contributed by atoms with van der Waals surface area (Å²) in [5.41, 5.74) is 5.40. The maximum absolute atomic E-state index is 11.2. The monoisotopic (exact) mass is 365 g/mol. The van der Waals surface area contributed by atoms with Gasteiger partial charge >= 0.3 is 0 Å². The molecule has 0 amide bonds. The van der Waals surface area contributed by atoms with Crippen LogP contribution in [-0.2, 0) is 19.4 Å². The van der Waals surface area contributed by atoms with Crippen molar-refractivity contribution in [1.29, 1.82) is 0 Å². The number of aldehydes is 1. The van der Waals surface area contributed by atoms with Crippen LogP contribution in [0.15, 0.2) is 30.6 Å². The lowest BCUT2D eigenvalue weighted by Gasteiger charge is -2.10. The first kappa shape index (κ1) is 19.1. The second-order valence-corrected chi connectivity index (χ2v) is 6.97. The van der Waals surface area contributed by atoms with Crippen LogP contribution in [0.4, 0.5) is 0 Å². The van der Waals surface area contributed by atoms with Gasteiger partial charge in [0.2, 0.25) is 0 Å². The number of carbonyl (C=O) groups excluding carboxylic acids is 1. The SMILES string of the molecule is CCCCc1ccc2[nH]cc(CCNCc3c(C=O)cnc(C)c3O)c2c1. The van der Waals surface area contributed by atoms with E-state index in [1.54, 1.807) is 6.92 Å². The van der Waals surface area contributed by atoms with Gasteiger partial charge in [0.05, 0.1) is 5.69 Å². The van der Waals surface area contributed by atoms with Crippen LogP contribution in [0.25, 0.3) is 10.9 Å². The minimum absolute atomic E-state index is 0.0970. The van der Waals surface area contributed by atoms with E-state index in [1.165, 1.54) is 35.6 Å². The highest BCUT2D eigenvalue weighted by Gasteiger charge is 2.11. The van der Waals surface area contributed by atoms with Crippen molar-refractivity contribution in [3.63, 3.8) is 0 Å². The van der Waals surface area contributed by atoms with Gasteiger partial charge in [-0.3, -0.25) is 9.78 Å². The maximum atomic E-state index is 11.2. The lowest BCUT2D eigenvalue weighted by molar-refractivity contribution is 0.112. The number of aromatic hydroxyl groups is 1. The predicted octanol–water partition coefficient (Wildman–Crippen LogP) is 4.06. The van der Waals surface area contributed by atoms with Gasteiger partial charge in [-0.2, -0.15) is 0 Å². The van der Waals surface area contributed by atoms with Gasteiger partial charge < -0.3 is 15.4 Å². The van der Waals surface area contributed by atoms with Crippen molar-refractivity contribution in [2.45, 2.75) is 46.1 Å². The summed E-state index contributed by atoms with van der Waals surface area (Å²) in [6.07, 6.45) is 8.72. The van der Waals surface area contributed by atoms with Gasteiger partial charge in [-0.25, -0.2) is 0 Å². The topological polar surface area (TPSA) is 78.0 Å². The molecule has 0 radical (unpaired) electrons. The van der Waals surface area contributed by atoms with Crippen molar-refractivity contribution in [2.24, 2.45) is 0 Å². The number of aromatic amines is 1. The first-order valence-electron chi connectivity index (χ1n) is 9.56. The molecule has 142 valence electrons. The smallest absolute Gasteiger partial charge is 0.152 e. The number of H-pyrrole nitrogens is 1. The van der Waals surface area contributed by atoms with E-state index in [0.717, 1.165) is 31.2 Å². The fourth-order valence-corrected chi connectivity index (χ4v) is 3.35. The van der Waals surface area contributed by atoms with E-state index in [2.05, 4.69) is 46.6 Å². The molecule has 3 aromatic rings. The Balaban J connectivity index is 1.64. The number of rotatable bonds is 9. The summed E-state index contributed by atoms with van der Waals surface area (Å²) < 4.78 is 0. The number of pyridine rings is 1. The Morgan fingerprint density at radius 3 is 2.93 bits per heavy atom. The third-order valence-electron chi connectivity index (χ3n) is 5.02. The van der Waals surface area contributed by atoms with Crippen LogP contribution in [-0.4, -0.2) is 27.9 Å². The molecule has 0 atom stereocenters. The number of carbonyl (C=O) groups is 1. The van der Waals surface area contributed by atoms with Crippen LogP contribution >= 0.6 is 0 Å². The molecule has 0 bridgehead atoms. The van der Waals surface area contributed by atoms with E-state index in [4.69, 9.17) is 0 Å². The molecule has 0 fully saturated rings. The van der Waals surface area contributed by atoms with Gasteiger partial charge in [-0.05, 0) is 56.0 Å². The van der Waals surface area contributed by atoms with E-state index >= 15 is 0 Å². The summed E-state index contributed by atoms with van der Waals surface area (Å²) in [6.45, 7) is 5.14. The predicted molar refractivity (Wildman–Crippen MR) is 108 cm³/mol. The van der Waals surface area contributed by atoms with E-state index in [0.29, 0.717) is 23.4 Å². The number of nitrogens with one attached hydrogen (secondary N) is 2. The largest absolute Gasteiger partial charge is 0.506 e. The third kappa shape index (κ3) is 4.37. The van der Waals surface area contributed by atoms with Crippen LogP contribution in [0.2, 0.25) is 0 Å². The molecule has 0 aliphatic rings. The maximum Gasteiger partial charge on any atom is 0.152 e. The van der Waals surface area contributed by atoms with Gasteiger partial charge in [0.25, 0.3) is 0 Å². The summed E-state index contributed by atoms with van der Waals surface area (Å²) in [4.78, 5) is 18.6. The molecule has 3 rings (SSSR count). The van der Waals surface area contributed by atoms with E-state index in [9.17, 15) is 9.90 Å². The molecule has 0 spiro atoms. The highest BCUT2D eigenvalue weighted by atomic mass is 16.3. The molecule has 0 saturated heterocycles. The number of fused-ring (bicyclic) bond motifs is 1. The highest BCUT2D eigenvalue weighted by Crippen LogP contribution is 2.23. The Hall–Kier alpha value is -2.66. The number of unbranched alkanes of at least 4 members (excludes halogenated alkanes) is 1. The van der Waals surface area contributed by atoms with Gasteiger partial charge in [0.1, 0.15) is 5.75 Å². The Morgan fingerprint density at radius 1 is 1.30 bits per heavy atom. The molecule has 27 heavy (non-hydrogen) atoms. The van der Waals surface area contributed by atoms with Gasteiger partial charge in [-0.15, -0.1) is 0 Å². The summed E-state index contributed by atoms with van der Waals surface area (Å²) in [5.74, 6) is 0.0970. The molecule has 3 N–H and O–H groups in total. The third-order valence-corrected chi connectivity index (χ3v) is 5.02. The normalized spacial score (nSPS) is 11.2. The van der Waals surface area contributed by atoms with E-state index in [1.807, 2.05) is 0 Å². The minimum Gasteiger partial charge on any atom is -0.506 e. The zero-order valence-electron chi connectivity index (χ0n) is 16.0. The van der Waals surface area contributed by atoms with Crippen LogP contribution in [0.1, 0.15) is 52.5 Å². The highest BCUT2D eigenvalue weighted by molar-refractivity contribution is 5.84. The zero-order chi connectivity index (χ0) is 19.2. The number of benzene rings is 1. The molecule has 2 aromatic heterocycles. The number of hydrogen-bond acceptors (Lipinski definition) is 4. The molecule has 0 aliphatic heterocycles. The average molecular weight is 365 g/mol. The molecule has 0 unspecified atom stereocenters. The van der Waals surface area contributed by atoms with Crippen LogP contribution in [0, 0.1) is 6.92 Å². The number of aromatic nitrogens is 2. The fraction of sp³-hybridized carbons (Fsp3) is 0.364. The number of nitrogens with zero attached hydrogens (tertiary/aromatic N) is 1. The van der Waals surface area contributed by atoms with Crippen molar-refractivity contribution in [3.8, 4) is 5.75 Å². The lowest BCUT2D eigenvalue weighted by Crippen LogP contribution is -2.18. The fourth-order valence-electron chi connectivity index (χ4n) is 3.35.